The number of carbonyl (C=O) groups is 1. The molecule has 0 saturated heterocycles. The van der Waals surface area contributed by atoms with Crippen LogP contribution in [0.15, 0.2) is 41.8 Å². The van der Waals surface area contributed by atoms with Crippen molar-refractivity contribution in [3.8, 4) is 11.4 Å². The van der Waals surface area contributed by atoms with Gasteiger partial charge in [-0.25, -0.2) is 0 Å². The quantitative estimate of drug-likeness (QED) is 0.782. The Hall–Kier alpha value is -2.54. The minimum atomic E-state index is -0.138. The van der Waals surface area contributed by atoms with E-state index in [0.29, 0.717) is 12.4 Å². The Balaban J connectivity index is 1.59. The first-order valence-corrected chi connectivity index (χ1v) is 7.72. The Morgan fingerprint density at radius 3 is 2.82 bits per heavy atom. The molecule has 0 atom stereocenters. The molecule has 0 bridgehead atoms. The van der Waals surface area contributed by atoms with E-state index in [0.717, 1.165) is 10.4 Å². The molecule has 0 aliphatic rings. The Morgan fingerprint density at radius 1 is 1.27 bits per heavy atom. The Labute approximate surface area is 131 Å². The van der Waals surface area contributed by atoms with Gasteiger partial charge in [0, 0.05) is 10.4 Å². The zero-order valence-electron chi connectivity index (χ0n) is 12.1. The van der Waals surface area contributed by atoms with Crippen molar-refractivity contribution in [1.29, 1.82) is 0 Å². The van der Waals surface area contributed by atoms with Gasteiger partial charge in [-0.2, -0.15) is 4.80 Å². The van der Waals surface area contributed by atoms with Gasteiger partial charge in [0.1, 0.15) is 6.54 Å². The van der Waals surface area contributed by atoms with Gasteiger partial charge in [-0.3, -0.25) is 4.79 Å². The van der Waals surface area contributed by atoms with Crippen molar-refractivity contribution in [1.82, 2.24) is 25.5 Å². The molecule has 7 heteroatoms. The van der Waals surface area contributed by atoms with E-state index < -0.39 is 0 Å². The fraction of sp³-hybridized carbons (Fsp3) is 0.200. The van der Waals surface area contributed by atoms with E-state index in [1.54, 1.807) is 11.3 Å². The second-order valence-electron chi connectivity index (χ2n) is 4.87. The summed E-state index contributed by atoms with van der Waals surface area (Å²) in [5, 5.41) is 16.9. The van der Waals surface area contributed by atoms with Crippen molar-refractivity contribution in [3.63, 3.8) is 0 Å². The van der Waals surface area contributed by atoms with Gasteiger partial charge >= 0.3 is 0 Å². The van der Waals surface area contributed by atoms with Gasteiger partial charge in [0.15, 0.2) is 0 Å². The molecule has 1 amide bonds. The molecule has 2 aromatic heterocycles. The highest BCUT2D eigenvalue weighted by molar-refractivity contribution is 7.09. The number of benzene rings is 1. The summed E-state index contributed by atoms with van der Waals surface area (Å²) in [7, 11) is 0. The van der Waals surface area contributed by atoms with Gasteiger partial charge in [0.05, 0.1) is 6.54 Å². The number of hydrogen-bond donors (Lipinski definition) is 1. The molecular weight excluding hydrogens is 298 g/mol. The molecule has 3 aromatic rings. The molecule has 0 spiro atoms. The van der Waals surface area contributed by atoms with E-state index in [2.05, 4.69) is 20.7 Å². The maximum Gasteiger partial charge on any atom is 0.243 e. The van der Waals surface area contributed by atoms with Crippen molar-refractivity contribution in [2.45, 2.75) is 20.0 Å². The molecule has 1 aromatic carbocycles. The highest BCUT2D eigenvalue weighted by Crippen LogP contribution is 2.13. The maximum absolute atomic E-state index is 11.9. The minimum Gasteiger partial charge on any atom is -0.350 e. The Morgan fingerprint density at radius 2 is 2.09 bits per heavy atom. The van der Waals surface area contributed by atoms with Crippen LogP contribution in [0, 0.1) is 6.92 Å². The lowest BCUT2D eigenvalue weighted by Crippen LogP contribution is -2.27. The average Bonchev–Trinajstić information content (AvgIpc) is 3.17. The maximum atomic E-state index is 11.9. The first kappa shape index (κ1) is 14.4. The Kier molecular flexibility index (Phi) is 4.24. The average molecular weight is 313 g/mol. The summed E-state index contributed by atoms with van der Waals surface area (Å²) in [6.07, 6.45) is 0. The first-order chi connectivity index (χ1) is 10.7. The van der Waals surface area contributed by atoms with Crippen LogP contribution in [-0.4, -0.2) is 26.1 Å². The molecule has 22 heavy (non-hydrogen) atoms. The number of nitrogens with one attached hydrogen (secondary N) is 1. The number of carbonyl (C=O) groups excluding carboxylic acids is 1. The number of nitrogens with zero attached hydrogens (tertiary/aromatic N) is 4. The summed E-state index contributed by atoms with van der Waals surface area (Å²) in [5.41, 5.74) is 2.06. The summed E-state index contributed by atoms with van der Waals surface area (Å²) in [6, 6.07) is 11.8. The fourth-order valence-corrected chi connectivity index (χ4v) is 2.56. The summed E-state index contributed by atoms with van der Waals surface area (Å²) < 4.78 is 0. The van der Waals surface area contributed by atoms with Gasteiger partial charge in [-0.05, 0) is 23.6 Å². The highest BCUT2D eigenvalue weighted by atomic mass is 32.1. The van der Waals surface area contributed by atoms with E-state index in [9.17, 15) is 4.79 Å². The van der Waals surface area contributed by atoms with E-state index in [4.69, 9.17) is 0 Å². The van der Waals surface area contributed by atoms with E-state index >= 15 is 0 Å². The number of aromatic nitrogens is 4. The zero-order valence-corrected chi connectivity index (χ0v) is 12.9. The third-order valence-corrected chi connectivity index (χ3v) is 3.96. The third kappa shape index (κ3) is 3.56. The number of amides is 1. The van der Waals surface area contributed by atoms with Crippen molar-refractivity contribution in [2.75, 3.05) is 0 Å². The molecule has 0 fully saturated rings. The van der Waals surface area contributed by atoms with Gasteiger partial charge in [0.25, 0.3) is 0 Å². The summed E-state index contributed by atoms with van der Waals surface area (Å²) in [6.45, 7) is 2.60. The number of hydrogen-bond acceptors (Lipinski definition) is 5. The summed E-state index contributed by atoms with van der Waals surface area (Å²) >= 11 is 1.61. The van der Waals surface area contributed by atoms with Crippen LogP contribution in [0.2, 0.25) is 0 Å². The monoisotopic (exact) mass is 313 g/mol. The van der Waals surface area contributed by atoms with Crippen molar-refractivity contribution < 1.29 is 4.79 Å². The second kappa shape index (κ2) is 6.48. The largest absolute Gasteiger partial charge is 0.350 e. The van der Waals surface area contributed by atoms with Crippen LogP contribution in [0.1, 0.15) is 10.4 Å². The van der Waals surface area contributed by atoms with E-state index in [1.165, 1.54) is 10.4 Å². The molecule has 0 unspecified atom stereocenters. The van der Waals surface area contributed by atoms with Crippen LogP contribution < -0.4 is 5.32 Å². The van der Waals surface area contributed by atoms with Gasteiger partial charge < -0.3 is 5.32 Å². The number of rotatable bonds is 5. The van der Waals surface area contributed by atoms with E-state index in [-0.39, 0.29) is 12.5 Å². The minimum absolute atomic E-state index is 0.0598. The molecule has 3 rings (SSSR count). The van der Waals surface area contributed by atoms with Crippen LogP contribution in [-0.2, 0) is 17.9 Å². The lowest BCUT2D eigenvalue weighted by Gasteiger charge is -2.02. The molecule has 0 radical (unpaired) electrons. The third-order valence-electron chi connectivity index (χ3n) is 3.09. The van der Waals surface area contributed by atoms with Crippen LogP contribution in [0.25, 0.3) is 11.4 Å². The second-order valence-corrected chi connectivity index (χ2v) is 5.90. The van der Waals surface area contributed by atoms with Crippen LogP contribution in [0.3, 0.4) is 0 Å². The van der Waals surface area contributed by atoms with Crippen LogP contribution in [0.4, 0.5) is 0 Å². The van der Waals surface area contributed by atoms with Crippen molar-refractivity contribution in [3.05, 3.63) is 52.2 Å². The number of tetrazole rings is 1. The molecule has 112 valence electrons. The molecular formula is C15H15N5OS. The predicted molar refractivity (Wildman–Crippen MR) is 84.2 cm³/mol. The first-order valence-electron chi connectivity index (χ1n) is 6.84. The fourth-order valence-electron chi connectivity index (χ4n) is 1.91. The molecule has 1 N–H and O–H groups in total. The number of aryl methyl sites for hydroxylation is 1. The predicted octanol–water partition coefficient (Wildman–Crippen LogP) is 2.03. The van der Waals surface area contributed by atoms with Crippen molar-refractivity contribution >= 4 is 17.2 Å². The number of thiophene rings is 1. The normalized spacial score (nSPS) is 10.6. The van der Waals surface area contributed by atoms with Gasteiger partial charge in [-0.1, -0.05) is 35.9 Å². The molecule has 0 saturated carbocycles. The van der Waals surface area contributed by atoms with Crippen molar-refractivity contribution in [2.24, 2.45) is 0 Å². The van der Waals surface area contributed by atoms with Crippen LogP contribution >= 0.6 is 11.3 Å². The van der Waals surface area contributed by atoms with Gasteiger partial charge in [0.2, 0.25) is 11.7 Å². The SMILES string of the molecule is Cc1ccc(-c2nnn(CC(=O)NCc3cccs3)n2)cc1. The molecule has 0 aliphatic heterocycles. The smallest absolute Gasteiger partial charge is 0.243 e. The Bertz CT molecular complexity index is 749. The van der Waals surface area contributed by atoms with Crippen LogP contribution in [0.5, 0.6) is 0 Å². The summed E-state index contributed by atoms with van der Waals surface area (Å²) in [4.78, 5) is 14.3. The standard InChI is InChI=1S/C15H15N5OS/c1-11-4-6-12(7-5-11)15-17-19-20(18-15)10-14(21)16-9-13-3-2-8-22-13/h2-8H,9-10H2,1H3,(H,16,21). The summed E-state index contributed by atoms with van der Waals surface area (Å²) in [5.74, 6) is 0.382. The molecule has 6 nitrogen and oxygen atoms in total. The topological polar surface area (TPSA) is 72.7 Å². The van der Waals surface area contributed by atoms with E-state index in [1.807, 2.05) is 48.7 Å². The lowest BCUT2D eigenvalue weighted by molar-refractivity contribution is -0.122. The van der Waals surface area contributed by atoms with Gasteiger partial charge in [-0.15, -0.1) is 21.5 Å². The molecule has 0 aliphatic carbocycles. The zero-order chi connectivity index (χ0) is 15.4. The molecule has 2 heterocycles. The highest BCUT2D eigenvalue weighted by Gasteiger charge is 2.09. The lowest BCUT2D eigenvalue weighted by atomic mass is 10.1.